The molecule has 0 bridgehead atoms. The summed E-state index contributed by atoms with van der Waals surface area (Å²) >= 11 is 1.77. The van der Waals surface area contributed by atoms with Crippen molar-refractivity contribution in [2.45, 2.75) is 58.0 Å². The topological polar surface area (TPSA) is 61.8 Å². The van der Waals surface area contributed by atoms with Gasteiger partial charge in [-0.3, -0.25) is 18.4 Å². The summed E-state index contributed by atoms with van der Waals surface area (Å²) in [5.74, 6) is 0. The minimum atomic E-state index is -3.49. The van der Waals surface area contributed by atoms with Crippen LogP contribution in [0.15, 0.2) is 0 Å². The van der Waals surface area contributed by atoms with Gasteiger partial charge in [0.2, 0.25) is 0 Å². The standard InChI is InChI=1S/C12H22IO5P/c1-3-9-16-19(15,17-10-4-2)18-12(7-8-12)6-5-11(13)14/h3-10H2,1-2H3. The third-order valence-corrected chi connectivity index (χ3v) is 4.95. The maximum atomic E-state index is 12.5. The van der Waals surface area contributed by atoms with Gasteiger partial charge in [-0.25, -0.2) is 4.57 Å². The minimum absolute atomic E-state index is 0.0891. The molecule has 1 aliphatic rings. The van der Waals surface area contributed by atoms with Crippen LogP contribution < -0.4 is 0 Å². The Kier molecular flexibility index (Phi) is 7.46. The van der Waals surface area contributed by atoms with Crippen LogP contribution >= 0.6 is 30.4 Å². The van der Waals surface area contributed by atoms with Crippen LogP contribution in [0.2, 0.25) is 0 Å². The largest absolute Gasteiger partial charge is 0.475 e. The van der Waals surface area contributed by atoms with E-state index < -0.39 is 13.4 Å². The van der Waals surface area contributed by atoms with E-state index in [2.05, 4.69) is 0 Å². The molecule has 7 heteroatoms. The molecule has 112 valence electrons. The van der Waals surface area contributed by atoms with Crippen LogP contribution in [0.5, 0.6) is 0 Å². The molecule has 5 nitrogen and oxygen atoms in total. The highest BCUT2D eigenvalue weighted by Gasteiger charge is 2.50. The van der Waals surface area contributed by atoms with Crippen LogP contribution in [0.3, 0.4) is 0 Å². The lowest BCUT2D eigenvalue weighted by Crippen LogP contribution is -2.16. The third-order valence-electron chi connectivity index (χ3n) is 2.80. The Balaban J connectivity index is 2.55. The molecule has 1 fully saturated rings. The summed E-state index contributed by atoms with van der Waals surface area (Å²) < 4.78 is 28.8. The highest BCUT2D eigenvalue weighted by molar-refractivity contribution is 14.1. The minimum Gasteiger partial charge on any atom is -0.288 e. The molecule has 1 rings (SSSR count). The molecule has 0 amide bonds. The first-order chi connectivity index (χ1) is 8.95. The molecule has 0 heterocycles. The second-order valence-electron chi connectivity index (χ2n) is 4.74. The monoisotopic (exact) mass is 404 g/mol. The number of hydrogen-bond donors (Lipinski definition) is 0. The number of halogens is 1. The van der Waals surface area contributed by atoms with Crippen molar-refractivity contribution in [2.24, 2.45) is 0 Å². The van der Waals surface area contributed by atoms with Gasteiger partial charge in [0.1, 0.15) is 0 Å². The molecule has 0 aromatic carbocycles. The molecule has 0 spiro atoms. The molecule has 0 radical (unpaired) electrons. The van der Waals surface area contributed by atoms with E-state index in [1.54, 1.807) is 22.6 Å². The van der Waals surface area contributed by atoms with Crippen LogP contribution in [0.4, 0.5) is 0 Å². The van der Waals surface area contributed by atoms with E-state index in [4.69, 9.17) is 13.6 Å². The highest BCUT2D eigenvalue weighted by atomic mass is 127. The van der Waals surface area contributed by atoms with Crippen molar-refractivity contribution in [2.75, 3.05) is 13.2 Å². The maximum absolute atomic E-state index is 12.5. The Labute approximate surface area is 128 Å². The van der Waals surface area contributed by atoms with Gasteiger partial charge in [0.25, 0.3) is 0 Å². The fraction of sp³-hybridized carbons (Fsp3) is 0.917. The van der Waals surface area contributed by atoms with Gasteiger partial charge in [-0.15, -0.1) is 0 Å². The lowest BCUT2D eigenvalue weighted by Gasteiger charge is -2.23. The number of rotatable bonds is 11. The van der Waals surface area contributed by atoms with Gasteiger partial charge in [0, 0.05) is 6.42 Å². The van der Waals surface area contributed by atoms with Crippen molar-refractivity contribution in [3.05, 3.63) is 0 Å². The van der Waals surface area contributed by atoms with Gasteiger partial charge in [-0.2, -0.15) is 0 Å². The number of carbonyl (C=O) groups is 1. The molecular formula is C12H22IO5P. The van der Waals surface area contributed by atoms with E-state index in [0.717, 1.165) is 25.7 Å². The second kappa shape index (κ2) is 8.08. The summed E-state index contributed by atoms with van der Waals surface area (Å²) in [6.45, 7) is 4.57. The first-order valence-electron chi connectivity index (χ1n) is 6.73. The second-order valence-corrected chi connectivity index (χ2v) is 7.54. The van der Waals surface area contributed by atoms with Crippen molar-refractivity contribution in [1.29, 1.82) is 0 Å². The summed E-state index contributed by atoms with van der Waals surface area (Å²) in [5.41, 5.74) is -0.474. The molecule has 0 aliphatic heterocycles. The normalized spacial score (nSPS) is 17.4. The number of carbonyl (C=O) groups excluding carboxylic acids is 1. The fourth-order valence-electron chi connectivity index (χ4n) is 1.59. The highest BCUT2D eigenvalue weighted by Crippen LogP contribution is 2.60. The van der Waals surface area contributed by atoms with Gasteiger partial charge in [0.15, 0.2) is 3.79 Å². The molecular weight excluding hydrogens is 382 g/mol. The Morgan fingerprint density at radius 2 is 1.74 bits per heavy atom. The van der Waals surface area contributed by atoms with E-state index in [0.29, 0.717) is 26.1 Å². The maximum Gasteiger partial charge on any atom is 0.475 e. The number of hydrogen-bond acceptors (Lipinski definition) is 5. The molecule has 0 saturated heterocycles. The predicted molar refractivity (Wildman–Crippen MR) is 81.4 cm³/mol. The van der Waals surface area contributed by atoms with Gasteiger partial charge in [-0.05, 0) is 54.7 Å². The van der Waals surface area contributed by atoms with Crippen molar-refractivity contribution >= 4 is 34.2 Å². The number of phosphoric ester groups is 1. The van der Waals surface area contributed by atoms with Crippen LogP contribution in [0, 0.1) is 0 Å². The van der Waals surface area contributed by atoms with Crippen LogP contribution in [-0.4, -0.2) is 22.6 Å². The summed E-state index contributed by atoms with van der Waals surface area (Å²) in [6.07, 6.45) is 4.15. The summed E-state index contributed by atoms with van der Waals surface area (Å²) in [5, 5.41) is 0. The summed E-state index contributed by atoms with van der Waals surface area (Å²) in [7, 11) is -3.49. The van der Waals surface area contributed by atoms with Gasteiger partial charge < -0.3 is 0 Å². The molecule has 1 aliphatic carbocycles. The van der Waals surface area contributed by atoms with Crippen LogP contribution in [0.25, 0.3) is 0 Å². The zero-order valence-electron chi connectivity index (χ0n) is 11.5. The summed E-state index contributed by atoms with van der Waals surface area (Å²) in [4.78, 5) is 11.0. The van der Waals surface area contributed by atoms with E-state index in [1.165, 1.54) is 0 Å². The Bertz CT molecular complexity index is 331. The van der Waals surface area contributed by atoms with Crippen LogP contribution in [0.1, 0.15) is 52.4 Å². The molecule has 0 aromatic rings. The molecule has 0 atom stereocenters. The molecule has 0 unspecified atom stereocenters. The first-order valence-corrected chi connectivity index (χ1v) is 9.27. The Morgan fingerprint density at radius 3 is 2.11 bits per heavy atom. The van der Waals surface area contributed by atoms with Crippen molar-refractivity contribution in [3.8, 4) is 0 Å². The Hall–Kier alpha value is 0.510. The SMILES string of the molecule is CCCOP(=O)(OCCC)OC1(CCC(=O)I)CC1. The predicted octanol–water partition coefficient (Wildman–Crippen LogP) is 4.24. The number of phosphoric acid groups is 1. The van der Waals surface area contributed by atoms with Crippen molar-refractivity contribution in [3.63, 3.8) is 0 Å². The molecule has 19 heavy (non-hydrogen) atoms. The van der Waals surface area contributed by atoms with Crippen LogP contribution in [-0.2, 0) is 22.9 Å². The van der Waals surface area contributed by atoms with Crippen molar-refractivity contribution in [1.82, 2.24) is 0 Å². The molecule has 0 N–H and O–H groups in total. The van der Waals surface area contributed by atoms with Crippen molar-refractivity contribution < 1.29 is 22.9 Å². The zero-order valence-corrected chi connectivity index (χ0v) is 14.6. The quantitative estimate of drug-likeness (QED) is 0.293. The van der Waals surface area contributed by atoms with E-state index in [1.807, 2.05) is 13.8 Å². The average Bonchev–Trinajstić information content (AvgIpc) is 3.12. The smallest absolute Gasteiger partial charge is 0.288 e. The third kappa shape index (κ3) is 6.67. The molecule has 0 aromatic heterocycles. The Morgan fingerprint density at radius 1 is 1.21 bits per heavy atom. The van der Waals surface area contributed by atoms with Gasteiger partial charge in [-0.1, -0.05) is 13.8 Å². The zero-order chi connectivity index (χ0) is 14.4. The van der Waals surface area contributed by atoms with E-state index in [9.17, 15) is 9.36 Å². The van der Waals surface area contributed by atoms with E-state index in [-0.39, 0.29) is 3.79 Å². The lowest BCUT2D eigenvalue weighted by atomic mass is 10.2. The van der Waals surface area contributed by atoms with Gasteiger partial charge >= 0.3 is 7.82 Å². The summed E-state index contributed by atoms with van der Waals surface area (Å²) in [6, 6.07) is 0. The van der Waals surface area contributed by atoms with Gasteiger partial charge in [0.05, 0.1) is 18.8 Å². The first kappa shape index (κ1) is 17.6. The lowest BCUT2D eigenvalue weighted by molar-refractivity contribution is -0.110. The average molecular weight is 404 g/mol. The fourth-order valence-corrected chi connectivity index (χ4v) is 3.60. The van der Waals surface area contributed by atoms with E-state index >= 15 is 0 Å². The molecule has 1 saturated carbocycles.